The third-order valence-electron chi connectivity index (χ3n) is 3.75. The summed E-state index contributed by atoms with van der Waals surface area (Å²) in [7, 11) is -2.83. The van der Waals surface area contributed by atoms with Crippen molar-refractivity contribution < 1.29 is 8.42 Å². The third-order valence-corrected chi connectivity index (χ3v) is 5.54. The van der Waals surface area contributed by atoms with Gasteiger partial charge in [0.15, 0.2) is 0 Å². The number of rotatable bonds is 7. The van der Waals surface area contributed by atoms with Crippen LogP contribution in [0, 0.1) is 11.3 Å². The smallest absolute Gasteiger partial charge is 0.150 e. The van der Waals surface area contributed by atoms with Crippen LogP contribution in [0.3, 0.4) is 0 Å². The van der Waals surface area contributed by atoms with E-state index in [2.05, 4.69) is 15.9 Å². The Bertz CT molecular complexity index is 395. The monoisotopic (exact) mass is 287 g/mol. The number of sulfone groups is 1. The molecule has 0 radical (unpaired) electrons. The third kappa shape index (κ3) is 5.47. The summed E-state index contributed by atoms with van der Waals surface area (Å²) < 4.78 is 22.8. The largest absolute Gasteiger partial charge is 0.301 e. The molecule has 1 heterocycles. The van der Waals surface area contributed by atoms with Gasteiger partial charge in [-0.25, -0.2) is 8.42 Å². The van der Waals surface area contributed by atoms with Crippen molar-refractivity contribution >= 4 is 9.84 Å². The molecule has 0 amide bonds. The second kappa shape index (κ2) is 7.83. The molecular weight excluding hydrogens is 262 g/mol. The zero-order chi connectivity index (χ0) is 14.3. The van der Waals surface area contributed by atoms with E-state index in [0.29, 0.717) is 12.2 Å². The minimum atomic E-state index is -2.83. The lowest BCUT2D eigenvalue weighted by Gasteiger charge is -2.36. The molecule has 0 spiro atoms. The maximum absolute atomic E-state index is 11.4. The summed E-state index contributed by atoms with van der Waals surface area (Å²) >= 11 is 0. The molecule has 1 unspecified atom stereocenters. The zero-order valence-electron chi connectivity index (χ0n) is 12.0. The average molecular weight is 287 g/mol. The van der Waals surface area contributed by atoms with Crippen LogP contribution < -0.4 is 0 Å². The Balaban J connectivity index is 2.26. The topological polar surface area (TPSA) is 64.4 Å². The van der Waals surface area contributed by atoms with E-state index in [9.17, 15) is 8.42 Å². The molecule has 0 aromatic rings. The quantitative estimate of drug-likeness (QED) is 0.691. The Morgan fingerprint density at radius 2 is 1.84 bits per heavy atom. The molecule has 6 heteroatoms. The molecule has 1 aliphatic rings. The van der Waals surface area contributed by atoms with Crippen molar-refractivity contribution in [2.24, 2.45) is 0 Å². The molecule has 0 aliphatic carbocycles. The number of piperazine rings is 1. The van der Waals surface area contributed by atoms with E-state index in [1.165, 1.54) is 0 Å². The first-order valence-corrected chi connectivity index (χ1v) is 8.91. The van der Waals surface area contributed by atoms with Gasteiger partial charge in [0.25, 0.3) is 0 Å². The summed E-state index contributed by atoms with van der Waals surface area (Å²) in [5.41, 5.74) is 0. The van der Waals surface area contributed by atoms with Gasteiger partial charge in [0, 0.05) is 31.9 Å². The fraction of sp³-hybridized carbons (Fsp3) is 0.923. The summed E-state index contributed by atoms with van der Waals surface area (Å²) in [6.45, 7) is 8.26. The van der Waals surface area contributed by atoms with Crippen LogP contribution in [0.25, 0.3) is 0 Å². The van der Waals surface area contributed by atoms with Crippen molar-refractivity contribution in [2.75, 3.05) is 44.2 Å². The molecule has 5 nitrogen and oxygen atoms in total. The van der Waals surface area contributed by atoms with Crippen LogP contribution in [0.5, 0.6) is 0 Å². The first-order chi connectivity index (χ1) is 9.02. The fourth-order valence-electron chi connectivity index (χ4n) is 2.38. The van der Waals surface area contributed by atoms with Gasteiger partial charge in [-0.3, -0.25) is 4.90 Å². The predicted molar refractivity (Wildman–Crippen MR) is 76.6 cm³/mol. The predicted octanol–water partition coefficient (Wildman–Crippen LogP) is 0.731. The zero-order valence-corrected chi connectivity index (χ0v) is 12.8. The number of nitriles is 1. The molecule has 0 bridgehead atoms. The highest BCUT2D eigenvalue weighted by Crippen LogP contribution is 2.09. The lowest BCUT2D eigenvalue weighted by molar-refractivity contribution is 0.113. The van der Waals surface area contributed by atoms with Gasteiger partial charge in [0.05, 0.1) is 17.9 Å². The van der Waals surface area contributed by atoms with E-state index >= 15 is 0 Å². The molecule has 0 aromatic carbocycles. The highest BCUT2D eigenvalue weighted by atomic mass is 32.2. The van der Waals surface area contributed by atoms with Crippen LogP contribution in [0.4, 0.5) is 0 Å². The van der Waals surface area contributed by atoms with E-state index in [0.717, 1.165) is 39.1 Å². The van der Waals surface area contributed by atoms with Gasteiger partial charge >= 0.3 is 0 Å². The highest BCUT2D eigenvalue weighted by Gasteiger charge is 2.22. The van der Waals surface area contributed by atoms with Gasteiger partial charge < -0.3 is 4.90 Å². The Hall–Kier alpha value is -0.640. The second-order valence-electron chi connectivity index (χ2n) is 5.02. The fourth-order valence-corrected chi connectivity index (χ4v) is 3.24. The van der Waals surface area contributed by atoms with E-state index in [1.54, 1.807) is 6.92 Å². The van der Waals surface area contributed by atoms with Gasteiger partial charge in [-0.2, -0.15) is 5.26 Å². The molecule has 1 saturated heterocycles. The normalized spacial score (nSPS) is 20.1. The van der Waals surface area contributed by atoms with Crippen LogP contribution in [0.15, 0.2) is 0 Å². The first-order valence-electron chi connectivity index (χ1n) is 7.08. The SMILES string of the molecule is CCC(C#N)N1CCN(CCCS(=O)(=O)CC)CC1. The maximum atomic E-state index is 11.4. The van der Waals surface area contributed by atoms with Crippen molar-refractivity contribution in [2.45, 2.75) is 32.7 Å². The number of hydrogen-bond acceptors (Lipinski definition) is 5. The van der Waals surface area contributed by atoms with Crippen molar-refractivity contribution in [3.8, 4) is 6.07 Å². The van der Waals surface area contributed by atoms with Crippen LogP contribution in [0.1, 0.15) is 26.7 Å². The molecule has 110 valence electrons. The molecule has 0 N–H and O–H groups in total. The lowest BCUT2D eigenvalue weighted by atomic mass is 10.2. The maximum Gasteiger partial charge on any atom is 0.150 e. The number of hydrogen-bond donors (Lipinski definition) is 0. The van der Waals surface area contributed by atoms with E-state index in [-0.39, 0.29) is 11.8 Å². The van der Waals surface area contributed by atoms with Crippen molar-refractivity contribution in [1.29, 1.82) is 5.26 Å². The number of nitrogens with zero attached hydrogens (tertiary/aromatic N) is 3. The molecule has 1 rings (SSSR count). The van der Waals surface area contributed by atoms with Crippen LogP contribution in [-0.4, -0.2) is 68.5 Å². The van der Waals surface area contributed by atoms with E-state index < -0.39 is 9.84 Å². The van der Waals surface area contributed by atoms with Crippen LogP contribution in [-0.2, 0) is 9.84 Å². The summed E-state index contributed by atoms with van der Waals surface area (Å²) in [4.78, 5) is 4.52. The molecule has 1 atom stereocenters. The Kier molecular flexibility index (Phi) is 6.76. The first kappa shape index (κ1) is 16.4. The Morgan fingerprint density at radius 1 is 1.21 bits per heavy atom. The molecule has 19 heavy (non-hydrogen) atoms. The summed E-state index contributed by atoms with van der Waals surface area (Å²) in [5.74, 6) is 0.528. The summed E-state index contributed by atoms with van der Waals surface area (Å²) in [5, 5.41) is 9.03. The molecule has 1 fully saturated rings. The van der Waals surface area contributed by atoms with Crippen molar-refractivity contribution in [1.82, 2.24) is 9.80 Å². The second-order valence-corrected chi connectivity index (χ2v) is 7.49. The highest BCUT2D eigenvalue weighted by molar-refractivity contribution is 7.91. The van der Waals surface area contributed by atoms with Crippen LogP contribution >= 0.6 is 0 Å². The minimum Gasteiger partial charge on any atom is -0.301 e. The molecule has 1 aliphatic heterocycles. The van der Waals surface area contributed by atoms with Crippen molar-refractivity contribution in [3.63, 3.8) is 0 Å². The summed E-state index contributed by atoms with van der Waals surface area (Å²) in [6.07, 6.45) is 1.58. The molecule has 0 aromatic heterocycles. The Morgan fingerprint density at radius 3 is 2.32 bits per heavy atom. The molecule has 0 saturated carbocycles. The van der Waals surface area contributed by atoms with E-state index in [1.807, 2.05) is 6.92 Å². The van der Waals surface area contributed by atoms with Gasteiger partial charge in [-0.1, -0.05) is 13.8 Å². The van der Waals surface area contributed by atoms with Crippen molar-refractivity contribution in [3.05, 3.63) is 0 Å². The van der Waals surface area contributed by atoms with Gasteiger partial charge in [0.1, 0.15) is 9.84 Å². The van der Waals surface area contributed by atoms with Crippen LogP contribution in [0.2, 0.25) is 0 Å². The summed E-state index contributed by atoms with van der Waals surface area (Å²) in [6, 6.07) is 2.37. The molecular formula is C13H25N3O2S. The standard InChI is InChI=1S/C13H25N3O2S/c1-3-13(12-14)16-9-7-15(8-10-16)6-5-11-19(17,18)4-2/h13H,3-11H2,1-2H3. The minimum absolute atomic E-state index is 0.0302. The Labute approximate surface area is 117 Å². The van der Waals surface area contributed by atoms with Gasteiger partial charge in [-0.15, -0.1) is 0 Å². The lowest BCUT2D eigenvalue weighted by Crippen LogP contribution is -2.50. The van der Waals surface area contributed by atoms with Gasteiger partial charge in [0.2, 0.25) is 0 Å². The van der Waals surface area contributed by atoms with Gasteiger partial charge in [-0.05, 0) is 19.4 Å². The average Bonchev–Trinajstić information content (AvgIpc) is 2.42. The van der Waals surface area contributed by atoms with E-state index in [4.69, 9.17) is 5.26 Å².